The largest absolute Gasteiger partial charge is 0.362 e. The number of hydrogen-bond acceptors (Lipinski definition) is 4. The summed E-state index contributed by atoms with van der Waals surface area (Å²) in [7, 11) is 0. The van der Waals surface area contributed by atoms with Crippen LogP contribution in [0.1, 0.15) is 19.3 Å². The molecule has 7 heteroatoms. The van der Waals surface area contributed by atoms with Crippen LogP contribution in [0.4, 0.5) is 11.4 Å². The number of nitrogens with zero attached hydrogens (tertiary/aromatic N) is 3. The number of rotatable bonds is 3. The van der Waals surface area contributed by atoms with Gasteiger partial charge < -0.3 is 9.80 Å². The summed E-state index contributed by atoms with van der Waals surface area (Å²) in [5.74, 6) is 0.452. The molecule has 2 aliphatic rings. The van der Waals surface area contributed by atoms with E-state index in [4.69, 9.17) is 11.6 Å². The molecule has 1 aliphatic carbocycles. The maximum Gasteiger partial charge on any atom is 0.294 e. The van der Waals surface area contributed by atoms with Crippen molar-refractivity contribution in [3.63, 3.8) is 0 Å². The van der Waals surface area contributed by atoms with Crippen LogP contribution in [-0.4, -0.2) is 41.9 Å². The summed E-state index contributed by atoms with van der Waals surface area (Å²) in [6.45, 7) is 2.46. The van der Waals surface area contributed by atoms with Crippen molar-refractivity contribution in [2.45, 2.75) is 19.3 Å². The molecule has 1 aromatic carbocycles. The minimum atomic E-state index is -0.410. The highest BCUT2D eigenvalue weighted by molar-refractivity contribution is 6.30. The molecular formula is C15H18ClN3O3. The molecule has 6 nitrogen and oxygen atoms in total. The molecule has 0 spiro atoms. The number of amides is 1. The summed E-state index contributed by atoms with van der Waals surface area (Å²) < 4.78 is 0. The summed E-state index contributed by atoms with van der Waals surface area (Å²) in [4.78, 5) is 26.8. The van der Waals surface area contributed by atoms with Crippen LogP contribution in [0.25, 0.3) is 0 Å². The molecular weight excluding hydrogens is 306 g/mol. The predicted molar refractivity (Wildman–Crippen MR) is 84.2 cm³/mol. The Bertz CT molecular complexity index is 596. The number of halogens is 1. The van der Waals surface area contributed by atoms with Gasteiger partial charge in [0.1, 0.15) is 5.69 Å². The molecule has 0 N–H and O–H groups in total. The first kappa shape index (κ1) is 15.1. The van der Waals surface area contributed by atoms with E-state index in [-0.39, 0.29) is 17.5 Å². The fourth-order valence-electron chi connectivity index (χ4n) is 2.99. The van der Waals surface area contributed by atoms with E-state index < -0.39 is 4.92 Å². The van der Waals surface area contributed by atoms with Crippen LogP contribution >= 0.6 is 11.6 Å². The molecule has 1 heterocycles. The van der Waals surface area contributed by atoms with Crippen molar-refractivity contribution in [3.8, 4) is 0 Å². The molecule has 3 rings (SSSR count). The quantitative estimate of drug-likeness (QED) is 0.633. The van der Waals surface area contributed by atoms with Gasteiger partial charge >= 0.3 is 0 Å². The number of piperazine rings is 1. The molecule has 0 radical (unpaired) electrons. The second kappa shape index (κ2) is 6.12. The lowest BCUT2D eigenvalue weighted by Crippen LogP contribution is -2.51. The minimum Gasteiger partial charge on any atom is -0.362 e. The third-order valence-electron chi connectivity index (χ3n) is 4.52. The number of hydrogen-bond donors (Lipinski definition) is 0. The Hall–Kier alpha value is -1.82. The van der Waals surface area contributed by atoms with E-state index in [1.807, 2.05) is 9.80 Å². The predicted octanol–water partition coefficient (Wildman–Crippen LogP) is 2.70. The molecule has 0 unspecified atom stereocenters. The maximum absolute atomic E-state index is 12.2. The van der Waals surface area contributed by atoms with Crippen LogP contribution < -0.4 is 4.90 Å². The van der Waals surface area contributed by atoms with Gasteiger partial charge in [-0.2, -0.15) is 0 Å². The highest BCUT2D eigenvalue weighted by atomic mass is 35.5. The number of nitro groups is 1. The topological polar surface area (TPSA) is 66.7 Å². The zero-order valence-electron chi connectivity index (χ0n) is 12.2. The van der Waals surface area contributed by atoms with Gasteiger partial charge in [-0.15, -0.1) is 0 Å². The highest BCUT2D eigenvalue weighted by Gasteiger charge is 2.32. The fourth-order valence-corrected chi connectivity index (χ4v) is 3.16. The maximum atomic E-state index is 12.2. The SMILES string of the molecule is O=C(C1CCC1)N1CCN(c2ccc(Cl)cc2[N+](=O)[O-])CC1. The highest BCUT2D eigenvalue weighted by Crippen LogP contribution is 2.32. The van der Waals surface area contributed by atoms with Gasteiger partial charge in [0.2, 0.25) is 5.91 Å². The van der Waals surface area contributed by atoms with Crippen molar-refractivity contribution >= 4 is 28.9 Å². The van der Waals surface area contributed by atoms with E-state index in [0.717, 1.165) is 19.3 Å². The number of carbonyl (C=O) groups excluding carboxylic acids is 1. The normalized spacial score (nSPS) is 19.0. The molecule has 22 heavy (non-hydrogen) atoms. The van der Waals surface area contributed by atoms with Crippen molar-refractivity contribution in [1.82, 2.24) is 4.90 Å². The van der Waals surface area contributed by atoms with E-state index in [0.29, 0.717) is 36.9 Å². The van der Waals surface area contributed by atoms with Gasteiger partial charge in [-0.1, -0.05) is 18.0 Å². The molecule has 1 aromatic rings. The molecule has 2 fully saturated rings. The molecule has 118 valence electrons. The van der Waals surface area contributed by atoms with Gasteiger partial charge in [-0.05, 0) is 25.0 Å². The van der Waals surface area contributed by atoms with Crippen molar-refractivity contribution in [3.05, 3.63) is 33.3 Å². The molecule has 1 saturated heterocycles. The lowest BCUT2D eigenvalue weighted by molar-refractivity contribution is -0.384. The lowest BCUT2D eigenvalue weighted by atomic mass is 9.84. The fraction of sp³-hybridized carbons (Fsp3) is 0.533. The second-order valence-electron chi connectivity index (χ2n) is 5.83. The lowest BCUT2D eigenvalue weighted by Gasteiger charge is -2.38. The number of carbonyl (C=O) groups is 1. The Morgan fingerprint density at radius 3 is 2.45 bits per heavy atom. The van der Waals surface area contributed by atoms with Crippen molar-refractivity contribution < 1.29 is 9.72 Å². The van der Waals surface area contributed by atoms with Crippen LogP contribution in [0, 0.1) is 16.0 Å². The van der Waals surface area contributed by atoms with Gasteiger partial charge in [-0.25, -0.2) is 0 Å². The Labute approximate surface area is 133 Å². The average molecular weight is 324 g/mol. The summed E-state index contributed by atoms with van der Waals surface area (Å²) in [6.07, 6.45) is 3.15. The average Bonchev–Trinajstić information content (AvgIpc) is 2.45. The molecule has 1 aliphatic heterocycles. The van der Waals surface area contributed by atoms with E-state index >= 15 is 0 Å². The van der Waals surface area contributed by atoms with Crippen molar-refractivity contribution in [1.29, 1.82) is 0 Å². The van der Waals surface area contributed by atoms with Crippen LogP contribution in [0.3, 0.4) is 0 Å². The Morgan fingerprint density at radius 2 is 1.91 bits per heavy atom. The summed E-state index contributed by atoms with van der Waals surface area (Å²) in [5.41, 5.74) is 0.594. The first-order valence-corrected chi connectivity index (χ1v) is 7.92. The first-order valence-electron chi connectivity index (χ1n) is 7.54. The van der Waals surface area contributed by atoms with E-state index in [1.54, 1.807) is 12.1 Å². The number of benzene rings is 1. The first-order chi connectivity index (χ1) is 10.6. The summed E-state index contributed by atoms with van der Waals surface area (Å²) in [5, 5.41) is 11.5. The van der Waals surface area contributed by atoms with Crippen LogP contribution in [0.2, 0.25) is 5.02 Å². The van der Waals surface area contributed by atoms with Crippen molar-refractivity contribution in [2.24, 2.45) is 5.92 Å². The molecule has 1 amide bonds. The third kappa shape index (κ3) is 2.88. The van der Waals surface area contributed by atoms with Crippen molar-refractivity contribution in [2.75, 3.05) is 31.1 Å². The molecule has 0 atom stereocenters. The van der Waals surface area contributed by atoms with Gasteiger partial charge in [0.15, 0.2) is 0 Å². The van der Waals surface area contributed by atoms with Crippen LogP contribution in [0.15, 0.2) is 18.2 Å². The van der Waals surface area contributed by atoms with Gasteiger partial charge in [0.25, 0.3) is 5.69 Å². The Balaban J connectivity index is 1.68. The monoisotopic (exact) mass is 323 g/mol. The van der Waals surface area contributed by atoms with E-state index in [1.165, 1.54) is 6.07 Å². The van der Waals surface area contributed by atoms with Crippen LogP contribution in [-0.2, 0) is 4.79 Å². The Kier molecular flexibility index (Phi) is 4.20. The van der Waals surface area contributed by atoms with Crippen LogP contribution in [0.5, 0.6) is 0 Å². The molecule has 0 bridgehead atoms. The third-order valence-corrected chi connectivity index (χ3v) is 4.76. The zero-order valence-corrected chi connectivity index (χ0v) is 13.0. The van der Waals surface area contributed by atoms with Gasteiger partial charge in [0.05, 0.1) is 4.92 Å². The zero-order chi connectivity index (χ0) is 15.7. The standard InChI is InChI=1S/C15H18ClN3O3/c16-12-4-5-13(14(10-12)19(21)22)17-6-8-18(9-7-17)15(20)11-2-1-3-11/h4-5,10-11H,1-3,6-9H2. The number of anilines is 1. The van der Waals surface area contributed by atoms with E-state index in [9.17, 15) is 14.9 Å². The van der Waals surface area contributed by atoms with Gasteiger partial charge in [0, 0.05) is 43.2 Å². The minimum absolute atomic E-state index is 0.0197. The summed E-state index contributed by atoms with van der Waals surface area (Å²) in [6, 6.07) is 4.72. The van der Waals surface area contributed by atoms with Gasteiger partial charge in [-0.3, -0.25) is 14.9 Å². The molecule has 1 saturated carbocycles. The van der Waals surface area contributed by atoms with E-state index in [2.05, 4.69) is 0 Å². The smallest absolute Gasteiger partial charge is 0.294 e. The Morgan fingerprint density at radius 1 is 1.23 bits per heavy atom. The second-order valence-corrected chi connectivity index (χ2v) is 6.27. The number of nitro benzene ring substituents is 1. The summed E-state index contributed by atoms with van der Waals surface area (Å²) >= 11 is 5.85. The molecule has 0 aromatic heterocycles.